The molecule has 0 aliphatic carbocycles. The van der Waals surface area contributed by atoms with Crippen LogP contribution in [0.25, 0.3) is 6.08 Å². The summed E-state index contributed by atoms with van der Waals surface area (Å²) < 4.78 is 0. The van der Waals surface area contributed by atoms with Crippen molar-refractivity contribution < 1.29 is 5.11 Å². The van der Waals surface area contributed by atoms with Crippen LogP contribution in [-0.4, -0.2) is 11.2 Å². The zero-order chi connectivity index (χ0) is 30.5. The summed E-state index contributed by atoms with van der Waals surface area (Å²) >= 11 is 0. The van der Waals surface area contributed by atoms with E-state index in [1.165, 1.54) is 55.7 Å². The fourth-order valence-corrected chi connectivity index (χ4v) is 4.52. The molecule has 0 aliphatic heterocycles. The average Bonchev–Trinajstić information content (AvgIpc) is 2.93. The van der Waals surface area contributed by atoms with E-state index in [0.717, 1.165) is 11.1 Å². The molecule has 2 rings (SSSR count). The molecule has 1 nitrogen and oxygen atoms in total. The van der Waals surface area contributed by atoms with Gasteiger partial charge >= 0.3 is 0 Å². The molecular formula is C40H50O. The van der Waals surface area contributed by atoms with Crippen LogP contribution < -0.4 is 0 Å². The van der Waals surface area contributed by atoms with Gasteiger partial charge in [-0.3, -0.25) is 0 Å². The van der Waals surface area contributed by atoms with E-state index in [0.29, 0.717) is 6.42 Å². The van der Waals surface area contributed by atoms with Crippen molar-refractivity contribution >= 4 is 6.08 Å². The summed E-state index contributed by atoms with van der Waals surface area (Å²) in [6.07, 6.45) is 25.3. The Morgan fingerprint density at radius 1 is 0.585 bits per heavy atom. The zero-order valence-electron chi connectivity index (χ0n) is 27.0. The van der Waals surface area contributed by atoms with Gasteiger partial charge in [-0.15, -0.1) is 0 Å². The standard InChI is InChI=1S/C40H50O/c1-28(17-13-18-30(3)21-26-38-33(6)24-22-31(4)36(38)9)15-11-12-16-29(2)19-14-20-35(8)40(41)27-39-34(7)25-23-32(5)37(39)10/h11-26,40-41H,27H2,1-10H3/b12-11+,17-13+,19-14+,26-21+,28-15+,29-16+,30-18+,35-20+. The normalized spacial score (nSPS) is 14.9. The van der Waals surface area contributed by atoms with E-state index < -0.39 is 6.10 Å². The van der Waals surface area contributed by atoms with Gasteiger partial charge < -0.3 is 5.11 Å². The van der Waals surface area contributed by atoms with Gasteiger partial charge in [0.05, 0.1) is 6.10 Å². The topological polar surface area (TPSA) is 20.2 Å². The molecule has 0 bridgehead atoms. The fraction of sp³-hybridized carbons (Fsp3) is 0.300. The molecule has 0 saturated carbocycles. The largest absolute Gasteiger partial charge is 0.388 e. The molecule has 0 radical (unpaired) electrons. The van der Waals surface area contributed by atoms with Crippen LogP contribution in [0.2, 0.25) is 0 Å². The van der Waals surface area contributed by atoms with Crippen molar-refractivity contribution in [1.29, 1.82) is 0 Å². The van der Waals surface area contributed by atoms with Crippen molar-refractivity contribution in [2.75, 3.05) is 0 Å². The van der Waals surface area contributed by atoms with Crippen molar-refractivity contribution in [3.8, 4) is 0 Å². The van der Waals surface area contributed by atoms with Crippen LogP contribution >= 0.6 is 0 Å². The molecule has 1 N–H and O–H groups in total. The maximum atomic E-state index is 10.7. The summed E-state index contributed by atoms with van der Waals surface area (Å²) in [5.41, 5.74) is 14.9. The first-order valence-electron chi connectivity index (χ1n) is 14.6. The number of hydrogen-bond donors (Lipinski definition) is 1. The van der Waals surface area contributed by atoms with Crippen molar-refractivity contribution in [2.45, 2.75) is 81.8 Å². The number of allylic oxidation sites excluding steroid dienone is 14. The van der Waals surface area contributed by atoms with Crippen LogP contribution in [0.15, 0.2) is 113 Å². The third kappa shape index (κ3) is 11.0. The highest BCUT2D eigenvalue weighted by Crippen LogP contribution is 2.22. The first kappa shape index (κ1) is 33.5. The lowest BCUT2D eigenvalue weighted by molar-refractivity contribution is 0.211. The first-order chi connectivity index (χ1) is 19.4. The van der Waals surface area contributed by atoms with Crippen LogP contribution in [0, 0.1) is 41.5 Å². The summed E-state index contributed by atoms with van der Waals surface area (Å²) in [5.74, 6) is 0. The minimum Gasteiger partial charge on any atom is -0.388 e. The summed E-state index contributed by atoms with van der Waals surface area (Å²) in [5, 5.41) is 10.7. The maximum absolute atomic E-state index is 10.7. The number of aryl methyl sites for hydroxylation is 4. The van der Waals surface area contributed by atoms with Crippen LogP contribution in [0.4, 0.5) is 0 Å². The zero-order valence-corrected chi connectivity index (χ0v) is 27.0. The summed E-state index contributed by atoms with van der Waals surface area (Å²) in [6, 6.07) is 8.67. The Morgan fingerprint density at radius 2 is 1.05 bits per heavy atom. The van der Waals surface area contributed by atoms with E-state index in [9.17, 15) is 5.11 Å². The molecule has 0 fully saturated rings. The van der Waals surface area contributed by atoms with Gasteiger partial charge in [0.1, 0.15) is 0 Å². The van der Waals surface area contributed by atoms with Gasteiger partial charge in [-0.25, -0.2) is 0 Å². The van der Waals surface area contributed by atoms with Gasteiger partial charge in [0, 0.05) is 6.42 Å². The molecule has 41 heavy (non-hydrogen) atoms. The minimum atomic E-state index is -0.486. The first-order valence-corrected chi connectivity index (χ1v) is 14.6. The van der Waals surface area contributed by atoms with Gasteiger partial charge in [0.2, 0.25) is 0 Å². The van der Waals surface area contributed by atoms with Crippen LogP contribution in [-0.2, 0) is 6.42 Å². The number of aliphatic hydroxyl groups excluding tert-OH is 1. The fourth-order valence-electron chi connectivity index (χ4n) is 4.52. The van der Waals surface area contributed by atoms with E-state index in [-0.39, 0.29) is 0 Å². The number of hydrogen-bond acceptors (Lipinski definition) is 1. The van der Waals surface area contributed by atoms with E-state index in [1.54, 1.807) is 0 Å². The molecule has 0 amide bonds. The lowest BCUT2D eigenvalue weighted by atomic mass is 9.92. The van der Waals surface area contributed by atoms with Crippen molar-refractivity contribution in [1.82, 2.24) is 0 Å². The Labute approximate surface area is 250 Å². The van der Waals surface area contributed by atoms with Crippen LogP contribution in [0.5, 0.6) is 0 Å². The predicted octanol–water partition coefficient (Wildman–Crippen LogP) is 10.6. The highest BCUT2D eigenvalue weighted by Gasteiger charge is 2.12. The monoisotopic (exact) mass is 546 g/mol. The van der Waals surface area contributed by atoms with Crippen molar-refractivity contribution in [2.24, 2.45) is 0 Å². The van der Waals surface area contributed by atoms with Crippen molar-refractivity contribution in [3.63, 3.8) is 0 Å². The lowest BCUT2D eigenvalue weighted by Crippen LogP contribution is -2.14. The SMILES string of the molecule is CC(/C=C/C=C(C)/C=C/c1c(C)ccc(C)c1C)=C\C=C\C=C(C)\C=C\C=C(/C)C(O)Cc1c(C)ccc(C)c1C. The number of aliphatic hydroxyl groups is 1. The molecule has 0 aliphatic rings. The highest BCUT2D eigenvalue weighted by atomic mass is 16.3. The second kappa shape index (κ2) is 16.6. The Morgan fingerprint density at radius 3 is 1.66 bits per heavy atom. The predicted molar refractivity (Wildman–Crippen MR) is 182 cm³/mol. The Bertz CT molecular complexity index is 1440. The number of rotatable bonds is 11. The molecule has 0 spiro atoms. The Kier molecular flexibility index (Phi) is 13.5. The Hall–Kier alpha value is -3.68. The average molecular weight is 547 g/mol. The van der Waals surface area contributed by atoms with Crippen LogP contribution in [0.1, 0.15) is 72.2 Å². The maximum Gasteiger partial charge on any atom is 0.0790 e. The third-order valence-corrected chi connectivity index (χ3v) is 7.81. The molecule has 1 heteroatoms. The van der Waals surface area contributed by atoms with E-state index in [2.05, 4.69) is 147 Å². The second-order valence-corrected chi connectivity index (χ2v) is 11.3. The van der Waals surface area contributed by atoms with Crippen molar-refractivity contribution in [3.05, 3.63) is 158 Å². The molecular weight excluding hydrogens is 496 g/mol. The molecule has 1 atom stereocenters. The molecule has 216 valence electrons. The third-order valence-electron chi connectivity index (χ3n) is 7.81. The van der Waals surface area contributed by atoms with Gasteiger partial charge in [0.15, 0.2) is 0 Å². The van der Waals surface area contributed by atoms with E-state index in [4.69, 9.17) is 0 Å². The smallest absolute Gasteiger partial charge is 0.0790 e. The van der Waals surface area contributed by atoms with Gasteiger partial charge in [-0.2, -0.15) is 0 Å². The molecule has 0 heterocycles. The summed E-state index contributed by atoms with van der Waals surface area (Å²) in [4.78, 5) is 0. The molecule has 2 aromatic rings. The summed E-state index contributed by atoms with van der Waals surface area (Å²) in [6.45, 7) is 21.2. The number of benzene rings is 2. The highest BCUT2D eigenvalue weighted by molar-refractivity contribution is 5.61. The Balaban J connectivity index is 1.91. The van der Waals surface area contributed by atoms with E-state index in [1.807, 2.05) is 19.1 Å². The van der Waals surface area contributed by atoms with Crippen LogP contribution in [0.3, 0.4) is 0 Å². The van der Waals surface area contributed by atoms with Gasteiger partial charge in [-0.1, -0.05) is 114 Å². The summed E-state index contributed by atoms with van der Waals surface area (Å²) in [7, 11) is 0. The second-order valence-electron chi connectivity index (χ2n) is 11.3. The lowest BCUT2D eigenvalue weighted by Gasteiger charge is -2.17. The van der Waals surface area contributed by atoms with E-state index >= 15 is 0 Å². The van der Waals surface area contributed by atoms with Gasteiger partial charge in [-0.05, 0) is 119 Å². The molecule has 0 aromatic heterocycles. The van der Waals surface area contributed by atoms with Gasteiger partial charge in [0.25, 0.3) is 0 Å². The molecule has 2 aromatic carbocycles. The quantitative estimate of drug-likeness (QED) is 0.278. The molecule has 1 unspecified atom stereocenters. The molecule has 0 saturated heterocycles. The minimum absolute atomic E-state index is 0.486.